The summed E-state index contributed by atoms with van der Waals surface area (Å²) < 4.78 is 18.4. The van der Waals surface area contributed by atoms with E-state index in [9.17, 15) is 9.18 Å². The van der Waals surface area contributed by atoms with Crippen LogP contribution in [0.4, 0.5) is 4.39 Å². The summed E-state index contributed by atoms with van der Waals surface area (Å²) >= 11 is 7.06. The van der Waals surface area contributed by atoms with Crippen molar-refractivity contribution in [1.29, 1.82) is 0 Å². The lowest BCUT2D eigenvalue weighted by molar-refractivity contribution is -0.140. The number of nitrogens with zero attached hydrogens (tertiary/aromatic N) is 1. The Kier molecular flexibility index (Phi) is 4.50. The fraction of sp³-hybridized carbons (Fsp3) is 0.231. The van der Waals surface area contributed by atoms with Gasteiger partial charge >= 0.3 is 5.97 Å². The quantitative estimate of drug-likeness (QED) is 0.808. The number of carbonyl (C=O) groups excluding carboxylic acids is 1. The summed E-state index contributed by atoms with van der Waals surface area (Å²) in [6.45, 7) is 0. The highest BCUT2D eigenvalue weighted by atomic mass is 35.5. The van der Waals surface area contributed by atoms with E-state index in [0.29, 0.717) is 17.0 Å². The van der Waals surface area contributed by atoms with Crippen molar-refractivity contribution in [3.8, 4) is 10.6 Å². The molecule has 3 nitrogen and oxygen atoms in total. The van der Waals surface area contributed by atoms with E-state index in [1.54, 1.807) is 17.5 Å². The summed E-state index contributed by atoms with van der Waals surface area (Å²) in [5.41, 5.74) is 1.12. The van der Waals surface area contributed by atoms with E-state index in [2.05, 4.69) is 9.72 Å². The van der Waals surface area contributed by atoms with Gasteiger partial charge in [-0.1, -0.05) is 17.7 Å². The molecule has 6 heteroatoms. The SMILES string of the molecule is COC(=O)CCc1csc(-c2cccc(Cl)c2F)n1. The van der Waals surface area contributed by atoms with Crippen LogP contribution in [0.2, 0.25) is 5.02 Å². The van der Waals surface area contributed by atoms with Crippen molar-refractivity contribution in [3.63, 3.8) is 0 Å². The first-order chi connectivity index (χ1) is 9.11. The van der Waals surface area contributed by atoms with Crippen molar-refractivity contribution in [3.05, 3.63) is 40.1 Å². The third kappa shape index (κ3) is 3.30. The molecule has 0 aliphatic rings. The van der Waals surface area contributed by atoms with Crippen LogP contribution in [0.3, 0.4) is 0 Å². The van der Waals surface area contributed by atoms with E-state index < -0.39 is 5.82 Å². The molecule has 2 rings (SSSR count). The minimum absolute atomic E-state index is 0.0730. The van der Waals surface area contributed by atoms with Crippen molar-refractivity contribution in [2.45, 2.75) is 12.8 Å². The van der Waals surface area contributed by atoms with Crippen LogP contribution >= 0.6 is 22.9 Å². The van der Waals surface area contributed by atoms with Gasteiger partial charge in [0, 0.05) is 17.4 Å². The monoisotopic (exact) mass is 299 g/mol. The summed E-state index contributed by atoms with van der Waals surface area (Å²) in [7, 11) is 1.34. The maximum atomic E-state index is 13.8. The fourth-order valence-corrected chi connectivity index (χ4v) is 2.59. The Labute approximate surface area is 119 Å². The van der Waals surface area contributed by atoms with Crippen LogP contribution in [0.5, 0.6) is 0 Å². The topological polar surface area (TPSA) is 39.2 Å². The molecule has 0 N–H and O–H groups in total. The number of rotatable bonds is 4. The van der Waals surface area contributed by atoms with E-state index in [4.69, 9.17) is 11.6 Å². The third-order valence-corrected chi connectivity index (χ3v) is 3.76. The predicted molar refractivity (Wildman–Crippen MR) is 72.9 cm³/mol. The number of hydrogen-bond acceptors (Lipinski definition) is 4. The van der Waals surface area contributed by atoms with Gasteiger partial charge in [0.2, 0.25) is 0 Å². The first-order valence-corrected chi connectivity index (χ1v) is 6.83. The molecule has 1 aromatic carbocycles. The van der Waals surface area contributed by atoms with Crippen LogP contribution in [0.25, 0.3) is 10.6 Å². The van der Waals surface area contributed by atoms with Crippen LogP contribution in [-0.4, -0.2) is 18.1 Å². The van der Waals surface area contributed by atoms with Crippen molar-refractivity contribution >= 4 is 28.9 Å². The zero-order valence-electron chi connectivity index (χ0n) is 10.2. The Morgan fingerprint density at radius 1 is 1.53 bits per heavy atom. The van der Waals surface area contributed by atoms with Crippen LogP contribution < -0.4 is 0 Å². The lowest BCUT2D eigenvalue weighted by atomic mass is 10.2. The fourth-order valence-electron chi connectivity index (χ4n) is 1.55. The standard InChI is InChI=1S/C13H11ClFNO2S/c1-18-11(17)6-5-8-7-19-13(16-8)9-3-2-4-10(14)12(9)15/h2-4,7H,5-6H2,1H3. The van der Waals surface area contributed by atoms with E-state index in [1.807, 2.05) is 0 Å². The summed E-state index contributed by atoms with van der Waals surface area (Å²) in [6.07, 6.45) is 0.739. The molecule has 0 aliphatic heterocycles. The maximum Gasteiger partial charge on any atom is 0.305 e. The van der Waals surface area contributed by atoms with Gasteiger partial charge in [0.25, 0.3) is 0 Å². The molecule has 0 unspecified atom stereocenters. The lowest BCUT2D eigenvalue weighted by Crippen LogP contribution is -2.01. The zero-order chi connectivity index (χ0) is 13.8. The molecule has 0 saturated heterocycles. The minimum atomic E-state index is -0.474. The van der Waals surface area contributed by atoms with Gasteiger partial charge in [-0.25, -0.2) is 9.37 Å². The molecule has 0 atom stereocenters. The number of benzene rings is 1. The van der Waals surface area contributed by atoms with Gasteiger partial charge < -0.3 is 4.74 Å². The highest BCUT2D eigenvalue weighted by Gasteiger charge is 2.12. The molecular weight excluding hydrogens is 289 g/mol. The van der Waals surface area contributed by atoms with E-state index in [-0.39, 0.29) is 17.4 Å². The highest BCUT2D eigenvalue weighted by molar-refractivity contribution is 7.13. The number of aromatic nitrogens is 1. The molecule has 0 spiro atoms. The van der Waals surface area contributed by atoms with Gasteiger partial charge in [-0.3, -0.25) is 4.79 Å². The Morgan fingerprint density at radius 3 is 3.05 bits per heavy atom. The number of halogens is 2. The molecule has 100 valence electrons. The van der Waals surface area contributed by atoms with Gasteiger partial charge in [-0.15, -0.1) is 11.3 Å². The van der Waals surface area contributed by atoms with Gasteiger partial charge in [0.1, 0.15) is 5.01 Å². The lowest BCUT2D eigenvalue weighted by Gasteiger charge is -2.00. The van der Waals surface area contributed by atoms with Gasteiger partial charge in [0.15, 0.2) is 5.82 Å². The van der Waals surface area contributed by atoms with Crippen LogP contribution in [-0.2, 0) is 16.0 Å². The predicted octanol–water partition coefficient (Wildman–Crippen LogP) is 3.71. The Hall–Kier alpha value is -1.46. The average molecular weight is 300 g/mol. The smallest absolute Gasteiger partial charge is 0.305 e. The molecular formula is C13H11ClFNO2S. The number of ether oxygens (including phenoxy) is 1. The number of thiazole rings is 1. The molecule has 1 heterocycles. The Balaban J connectivity index is 2.17. The molecule has 0 radical (unpaired) electrons. The summed E-state index contributed by atoms with van der Waals surface area (Å²) in [5.74, 6) is -0.762. The number of aryl methyl sites for hydroxylation is 1. The van der Waals surface area contributed by atoms with Crippen LogP contribution in [0, 0.1) is 5.82 Å². The molecule has 0 amide bonds. The first-order valence-electron chi connectivity index (χ1n) is 5.57. The molecule has 1 aromatic heterocycles. The highest BCUT2D eigenvalue weighted by Crippen LogP contribution is 2.30. The first kappa shape index (κ1) is 14.0. The zero-order valence-corrected chi connectivity index (χ0v) is 11.7. The largest absolute Gasteiger partial charge is 0.469 e. The number of carbonyl (C=O) groups is 1. The normalized spacial score (nSPS) is 10.5. The molecule has 0 saturated carbocycles. The van der Waals surface area contributed by atoms with Crippen molar-refractivity contribution in [2.75, 3.05) is 7.11 Å². The maximum absolute atomic E-state index is 13.8. The second-order valence-electron chi connectivity index (χ2n) is 3.82. The molecule has 0 bridgehead atoms. The molecule has 0 aliphatic carbocycles. The third-order valence-electron chi connectivity index (χ3n) is 2.55. The number of methoxy groups -OCH3 is 1. The second kappa shape index (κ2) is 6.12. The Morgan fingerprint density at radius 2 is 2.32 bits per heavy atom. The van der Waals surface area contributed by atoms with E-state index in [0.717, 1.165) is 5.69 Å². The van der Waals surface area contributed by atoms with E-state index >= 15 is 0 Å². The Bertz CT molecular complexity index is 600. The summed E-state index contributed by atoms with van der Waals surface area (Å²) in [6, 6.07) is 4.80. The number of hydrogen-bond donors (Lipinski definition) is 0. The summed E-state index contributed by atoms with van der Waals surface area (Å²) in [4.78, 5) is 15.3. The van der Waals surface area contributed by atoms with Crippen LogP contribution in [0.1, 0.15) is 12.1 Å². The van der Waals surface area contributed by atoms with Crippen molar-refractivity contribution in [2.24, 2.45) is 0 Å². The molecule has 0 fully saturated rings. The van der Waals surface area contributed by atoms with E-state index in [1.165, 1.54) is 24.5 Å². The van der Waals surface area contributed by atoms with Gasteiger partial charge in [-0.05, 0) is 12.1 Å². The number of esters is 1. The second-order valence-corrected chi connectivity index (χ2v) is 5.09. The average Bonchev–Trinajstić information content (AvgIpc) is 2.87. The van der Waals surface area contributed by atoms with Gasteiger partial charge in [-0.2, -0.15) is 0 Å². The van der Waals surface area contributed by atoms with Gasteiger partial charge in [0.05, 0.1) is 24.2 Å². The molecule has 19 heavy (non-hydrogen) atoms. The van der Waals surface area contributed by atoms with Crippen molar-refractivity contribution < 1.29 is 13.9 Å². The van der Waals surface area contributed by atoms with Crippen molar-refractivity contribution in [1.82, 2.24) is 4.98 Å². The van der Waals surface area contributed by atoms with Crippen LogP contribution in [0.15, 0.2) is 23.6 Å². The summed E-state index contributed by atoms with van der Waals surface area (Å²) in [5, 5.41) is 2.43. The minimum Gasteiger partial charge on any atom is -0.469 e. The molecule has 2 aromatic rings.